The van der Waals surface area contributed by atoms with E-state index in [-0.39, 0.29) is 12.1 Å². The molecule has 4 N–H and O–H groups in total. The first-order chi connectivity index (χ1) is 12.0. The van der Waals surface area contributed by atoms with E-state index in [4.69, 9.17) is 0 Å². The van der Waals surface area contributed by atoms with Gasteiger partial charge in [-0.15, -0.1) is 5.53 Å². The molecule has 1 aliphatic heterocycles. The van der Waals surface area contributed by atoms with Crippen molar-refractivity contribution in [2.75, 3.05) is 18.0 Å². The Morgan fingerprint density at radius 2 is 1.92 bits per heavy atom. The Hall–Kier alpha value is -2.87. The van der Waals surface area contributed by atoms with Gasteiger partial charge in [0.2, 0.25) is 0 Å². The van der Waals surface area contributed by atoms with Gasteiger partial charge in [0.25, 0.3) is 5.91 Å². The molecule has 8 heteroatoms. The number of benzene rings is 2. The average molecular weight is 348 g/mol. The number of hydrogen-bond donors (Lipinski definition) is 4. The summed E-state index contributed by atoms with van der Waals surface area (Å²) in [5.41, 5.74) is 12.3. The van der Waals surface area contributed by atoms with Crippen LogP contribution in [-0.4, -0.2) is 13.0 Å². The molecule has 1 heterocycles. The number of methoxy groups -OCH3 is 1. The van der Waals surface area contributed by atoms with Crippen molar-refractivity contribution in [3.05, 3.63) is 52.6 Å². The third-order valence-corrected chi connectivity index (χ3v) is 4.07. The molecule has 0 fully saturated rings. The van der Waals surface area contributed by atoms with E-state index in [1.54, 1.807) is 0 Å². The van der Waals surface area contributed by atoms with Gasteiger partial charge in [-0.3, -0.25) is 4.79 Å². The number of amides is 1. The number of carbonyl (C=O) groups excluding carboxylic acids is 1. The Morgan fingerprint density at radius 1 is 1.20 bits per heavy atom. The molecular formula is C17H18F2N4O2. The van der Waals surface area contributed by atoms with Crippen LogP contribution in [0.4, 0.5) is 20.2 Å². The maximum absolute atomic E-state index is 13.8. The molecule has 0 aromatic heterocycles. The highest BCUT2D eigenvalue weighted by Gasteiger charge is 2.19. The van der Waals surface area contributed by atoms with E-state index in [0.29, 0.717) is 0 Å². The quantitative estimate of drug-likeness (QED) is 0.669. The van der Waals surface area contributed by atoms with Crippen LogP contribution in [0.2, 0.25) is 0 Å². The van der Waals surface area contributed by atoms with E-state index in [2.05, 4.69) is 26.4 Å². The van der Waals surface area contributed by atoms with Crippen LogP contribution in [-0.2, 0) is 13.0 Å². The number of halogens is 2. The van der Waals surface area contributed by atoms with E-state index >= 15 is 0 Å². The van der Waals surface area contributed by atoms with Crippen LogP contribution in [0.15, 0.2) is 24.3 Å². The lowest BCUT2D eigenvalue weighted by atomic mass is 10.0. The number of aryl methyl sites for hydroxylation is 1. The summed E-state index contributed by atoms with van der Waals surface area (Å²) in [6.07, 6.45) is 0.784. The maximum atomic E-state index is 13.8. The number of hydrogen-bond acceptors (Lipinski definition) is 5. The number of fused-ring (bicyclic) bond motifs is 1. The van der Waals surface area contributed by atoms with Crippen molar-refractivity contribution in [1.82, 2.24) is 10.9 Å². The molecule has 0 radical (unpaired) electrons. The fourth-order valence-corrected chi connectivity index (χ4v) is 2.79. The van der Waals surface area contributed by atoms with Gasteiger partial charge in [-0.25, -0.2) is 8.78 Å². The van der Waals surface area contributed by atoms with Crippen LogP contribution in [0.3, 0.4) is 0 Å². The predicted molar refractivity (Wildman–Crippen MR) is 90.3 cm³/mol. The fourth-order valence-electron chi connectivity index (χ4n) is 2.79. The zero-order valence-electron chi connectivity index (χ0n) is 13.8. The molecular weight excluding hydrogens is 330 g/mol. The van der Waals surface area contributed by atoms with Gasteiger partial charge < -0.3 is 20.9 Å². The molecule has 132 valence electrons. The summed E-state index contributed by atoms with van der Waals surface area (Å²) in [7, 11) is 1.17. The third kappa shape index (κ3) is 3.20. The van der Waals surface area contributed by atoms with Crippen LogP contribution >= 0.6 is 0 Å². The van der Waals surface area contributed by atoms with Crippen LogP contribution in [0.1, 0.15) is 28.4 Å². The zero-order chi connectivity index (χ0) is 18.0. The Kier molecular flexibility index (Phi) is 4.71. The molecule has 2 aromatic carbocycles. The summed E-state index contributed by atoms with van der Waals surface area (Å²) in [6, 6.07) is 5.80. The second kappa shape index (κ2) is 6.94. The molecule has 1 aliphatic rings. The predicted octanol–water partition coefficient (Wildman–Crippen LogP) is 2.72. The van der Waals surface area contributed by atoms with E-state index in [1.165, 1.54) is 7.11 Å². The Labute approximate surface area is 143 Å². The van der Waals surface area contributed by atoms with Crippen molar-refractivity contribution in [2.45, 2.75) is 19.9 Å². The molecule has 3 rings (SSSR count). The number of rotatable bonds is 5. The van der Waals surface area contributed by atoms with Gasteiger partial charge in [-0.2, -0.15) is 0 Å². The highest BCUT2D eigenvalue weighted by atomic mass is 19.1. The van der Waals surface area contributed by atoms with Gasteiger partial charge in [-0.05, 0) is 30.2 Å². The smallest absolute Gasteiger partial charge is 0.251 e. The first kappa shape index (κ1) is 17.0. The summed E-state index contributed by atoms with van der Waals surface area (Å²) in [6.45, 7) is 2.23. The van der Waals surface area contributed by atoms with Crippen LogP contribution < -0.4 is 26.4 Å². The molecule has 0 atom stereocenters. The first-order valence-electron chi connectivity index (χ1n) is 7.78. The van der Waals surface area contributed by atoms with Gasteiger partial charge in [0.1, 0.15) is 0 Å². The fraction of sp³-hybridized carbons (Fsp3) is 0.235. The summed E-state index contributed by atoms with van der Waals surface area (Å²) in [4.78, 5) is 12.3. The minimum Gasteiger partial charge on any atom is -0.491 e. The summed E-state index contributed by atoms with van der Waals surface area (Å²) in [5, 5.41) is 2.70. The molecule has 25 heavy (non-hydrogen) atoms. The molecule has 1 amide bonds. The van der Waals surface area contributed by atoms with Crippen LogP contribution in [0.5, 0.6) is 5.75 Å². The highest BCUT2D eigenvalue weighted by Crippen LogP contribution is 2.31. The molecule has 2 aromatic rings. The molecule has 0 saturated carbocycles. The second-order valence-electron chi connectivity index (χ2n) is 5.51. The van der Waals surface area contributed by atoms with E-state index in [1.807, 2.05) is 19.1 Å². The average Bonchev–Trinajstić information content (AvgIpc) is 3.07. The number of anilines is 2. The summed E-state index contributed by atoms with van der Waals surface area (Å²) >= 11 is 0. The van der Waals surface area contributed by atoms with E-state index in [9.17, 15) is 13.6 Å². The lowest BCUT2D eigenvalue weighted by Crippen LogP contribution is -2.25. The highest BCUT2D eigenvalue weighted by molar-refractivity contribution is 5.94. The monoisotopic (exact) mass is 348 g/mol. The number of hydrazine groups is 2. The van der Waals surface area contributed by atoms with Crippen LogP contribution in [0, 0.1) is 11.6 Å². The lowest BCUT2D eigenvalue weighted by Gasteiger charge is -2.14. The number of nitrogens with one attached hydrogen (secondary N) is 4. The van der Waals surface area contributed by atoms with Crippen molar-refractivity contribution < 1.29 is 18.3 Å². The van der Waals surface area contributed by atoms with Crippen molar-refractivity contribution in [2.24, 2.45) is 0 Å². The first-order valence-corrected chi connectivity index (χ1v) is 7.78. The lowest BCUT2D eigenvalue weighted by molar-refractivity contribution is 0.0950. The largest absolute Gasteiger partial charge is 0.491 e. The summed E-state index contributed by atoms with van der Waals surface area (Å²) in [5.74, 6) is -2.92. The second-order valence-corrected chi connectivity index (χ2v) is 5.51. The maximum Gasteiger partial charge on any atom is 0.251 e. The molecule has 0 spiro atoms. The minimum atomic E-state index is -0.919. The van der Waals surface area contributed by atoms with E-state index < -0.39 is 23.3 Å². The van der Waals surface area contributed by atoms with Crippen molar-refractivity contribution in [3.63, 3.8) is 0 Å². The van der Waals surface area contributed by atoms with Crippen molar-refractivity contribution in [3.8, 4) is 5.75 Å². The molecule has 0 bridgehead atoms. The Balaban J connectivity index is 1.81. The normalized spacial score (nSPS) is 12.2. The topological polar surface area (TPSA) is 74.4 Å². The molecule has 6 nitrogen and oxygen atoms in total. The van der Waals surface area contributed by atoms with Crippen LogP contribution in [0.25, 0.3) is 0 Å². The third-order valence-electron chi connectivity index (χ3n) is 4.07. The standard InChI is InChI=1S/C17H18F2N4O2/c1-3-9-4-5-14-15(22-23-21-14)11(9)8-20-17(24)10-6-12(18)16(25-2)13(19)7-10/h4-7,21-23H,3,8H2,1-2H3,(H,20,24). The zero-order valence-corrected chi connectivity index (χ0v) is 13.8. The van der Waals surface area contributed by atoms with Gasteiger partial charge in [-0.1, -0.05) is 13.0 Å². The Morgan fingerprint density at radius 3 is 2.56 bits per heavy atom. The number of ether oxygens (including phenoxy) is 1. The minimum absolute atomic E-state index is 0.106. The van der Waals surface area contributed by atoms with E-state index in [0.717, 1.165) is 41.1 Å². The number of carbonyl (C=O) groups is 1. The van der Waals surface area contributed by atoms with Crippen molar-refractivity contribution >= 4 is 17.3 Å². The van der Waals surface area contributed by atoms with Gasteiger partial charge >= 0.3 is 0 Å². The molecule has 0 saturated heterocycles. The van der Waals surface area contributed by atoms with Gasteiger partial charge in [0, 0.05) is 17.7 Å². The molecule has 0 aliphatic carbocycles. The molecule has 0 unspecified atom stereocenters. The SMILES string of the molecule is CCc1ccc2c(c1CNC(=O)c1cc(F)c(OC)c(F)c1)NNN2. The van der Waals surface area contributed by atoms with Gasteiger partial charge in [0.05, 0.1) is 18.5 Å². The van der Waals surface area contributed by atoms with Crippen molar-refractivity contribution in [1.29, 1.82) is 0 Å². The summed E-state index contributed by atoms with van der Waals surface area (Å²) < 4.78 is 32.1. The Bertz CT molecular complexity index is 804. The van der Waals surface area contributed by atoms with Gasteiger partial charge in [0.15, 0.2) is 17.4 Å².